The van der Waals surface area contributed by atoms with Crippen LogP contribution in [0.3, 0.4) is 0 Å². The molecule has 1 saturated heterocycles. The van der Waals surface area contributed by atoms with Crippen molar-refractivity contribution in [2.75, 3.05) is 19.6 Å². The van der Waals surface area contributed by atoms with Crippen molar-refractivity contribution in [3.63, 3.8) is 0 Å². The molecule has 3 heterocycles. The first kappa shape index (κ1) is 22.0. The van der Waals surface area contributed by atoms with Gasteiger partial charge in [0.2, 0.25) is 5.91 Å². The average Bonchev–Trinajstić information content (AvgIpc) is 3.38. The van der Waals surface area contributed by atoms with Crippen LogP contribution >= 0.6 is 11.3 Å². The summed E-state index contributed by atoms with van der Waals surface area (Å²) < 4.78 is 0. The van der Waals surface area contributed by atoms with Crippen LogP contribution in [0.5, 0.6) is 0 Å². The van der Waals surface area contributed by atoms with E-state index < -0.39 is 5.41 Å². The van der Waals surface area contributed by atoms with Crippen LogP contribution in [0.15, 0.2) is 78.8 Å². The fourth-order valence-electron chi connectivity index (χ4n) is 4.43. The van der Waals surface area contributed by atoms with Crippen molar-refractivity contribution in [3.05, 3.63) is 90.1 Å². The summed E-state index contributed by atoms with van der Waals surface area (Å²) in [6.07, 6.45) is 5.36. The Morgan fingerprint density at radius 2 is 2.00 bits per heavy atom. The minimum Gasteiger partial charge on any atom is -0.352 e. The number of carbonyl (C=O) groups excluding carboxylic acids is 2. The molecule has 1 aromatic carbocycles. The minimum atomic E-state index is -0.709. The molecule has 0 spiro atoms. The Morgan fingerprint density at radius 3 is 2.75 bits per heavy atom. The smallest absolute Gasteiger partial charge is 0.272 e. The van der Waals surface area contributed by atoms with Crippen molar-refractivity contribution >= 4 is 23.2 Å². The van der Waals surface area contributed by atoms with Gasteiger partial charge in [-0.3, -0.25) is 14.6 Å². The standard InChI is InChI=1S/C26H27N3O2S/c1-2-14-28-25(31)26(18-20-9-3-4-10-21(20)23-12-7-17-32-23)13-8-16-29(19-26)24(30)22-11-5-6-15-27-22/h2-7,9-12,15,17H,1,8,13-14,16,18-19H2,(H,28,31)/t26-/m0/s1. The molecule has 2 amide bonds. The number of aromatic nitrogens is 1. The molecular formula is C26H27N3O2S. The van der Waals surface area contributed by atoms with Gasteiger partial charge in [0.1, 0.15) is 5.69 Å². The first-order valence-corrected chi connectivity index (χ1v) is 11.7. The topological polar surface area (TPSA) is 62.3 Å². The van der Waals surface area contributed by atoms with Gasteiger partial charge in [0.15, 0.2) is 0 Å². The molecule has 5 nitrogen and oxygen atoms in total. The second-order valence-corrected chi connectivity index (χ2v) is 9.08. The maximum atomic E-state index is 13.5. The Hall–Kier alpha value is -3.25. The molecule has 0 unspecified atom stereocenters. The van der Waals surface area contributed by atoms with E-state index in [0.29, 0.717) is 31.7 Å². The van der Waals surface area contributed by atoms with Crippen LogP contribution in [0.1, 0.15) is 28.9 Å². The monoisotopic (exact) mass is 445 g/mol. The second kappa shape index (κ2) is 9.92. The predicted molar refractivity (Wildman–Crippen MR) is 128 cm³/mol. The summed E-state index contributed by atoms with van der Waals surface area (Å²) in [5.41, 5.74) is 1.97. The van der Waals surface area contributed by atoms with E-state index in [1.165, 1.54) is 4.88 Å². The number of likely N-dealkylation sites (tertiary alicyclic amines) is 1. The highest BCUT2D eigenvalue weighted by molar-refractivity contribution is 7.13. The summed E-state index contributed by atoms with van der Waals surface area (Å²) in [6.45, 7) is 5.12. The van der Waals surface area contributed by atoms with Crippen molar-refractivity contribution in [2.45, 2.75) is 19.3 Å². The summed E-state index contributed by atoms with van der Waals surface area (Å²) in [5.74, 6) is -0.158. The maximum absolute atomic E-state index is 13.5. The van der Waals surface area contributed by atoms with Crippen molar-refractivity contribution in [3.8, 4) is 10.4 Å². The zero-order valence-electron chi connectivity index (χ0n) is 18.0. The zero-order valence-corrected chi connectivity index (χ0v) is 18.8. The van der Waals surface area contributed by atoms with E-state index in [1.807, 2.05) is 24.3 Å². The lowest BCUT2D eigenvalue weighted by molar-refractivity contribution is -0.133. The molecule has 0 saturated carbocycles. The van der Waals surface area contributed by atoms with Crippen molar-refractivity contribution in [1.82, 2.24) is 15.2 Å². The first-order chi connectivity index (χ1) is 15.6. The Morgan fingerprint density at radius 1 is 1.16 bits per heavy atom. The van der Waals surface area contributed by atoms with Gasteiger partial charge in [0, 0.05) is 30.7 Å². The summed E-state index contributed by atoms with van der Waals surface area (Å²) in [5, 5.41) is 5.07. The van der Waals surface area contributed by atoms with Crippen LogP contribution in [-0.4, -0.2) is 41.3 Å². The molecule has 1 aliphatic rings. The highest BCUT2D eigenvalue weighted by Gasteiger charge is 2.44. The number of benzene rings is 1. The van der Waals surface area contributed by atoms with E-state index in [-0.39, 0.29) is 11.8 Å². The largest absolute Gasteiger partial charge is 0.352 e. The van der Waals surface area contributed by atoms with E-state index in [4.69, 9.17) is 0 Å². The lowest BCUT2D eigenvalue weighted by atomic mass is 9.73. The van der Waals surface area contributed by atoms with E-state index in [2.05, 4.69) is 40.5 Å². The van der Waals surface area contributed by atoms with E-state index in [9.17, 15) is 9.59 Å². The van der Waals surface area contributed by atoms with Crippen LogP contribution in [0, 0.1) is 5.41 Å². The van der Waals surface area contributed by atoms with Gasteiger partial charge in [-0.15, -0.1) is 17.9 Å². The molecule has 3 aromatic rings. The van der Waals surface area contributed by atoms with Crippen LogP contribution in [-0.2, 0) is 11.2 Å². The molecule has 6 heteroatoms. The predicted octanol–water partition coefficient (Wildman–Crippen LogP) is 4.58. The number of hydrogen-bond donors (Lipinski definition) is 1. The molecule has 2 aromatic heterocycles. The number of piperidine rings is 1. The first-order valence-electron chi connectivity index (χ1n) is 10.8. The van der Waals surface area contributed by atoms with Crippen LogP contribution in [0.4, 0.5) is 0 Å². The molecule has 4 rings (SSSR count). The lowest BCUT2D eigenvalue weighted by Crippen LogP contribution is -2.54. The molecule has 32 heavy (non-hydrogen) atoms. The minimum absolute atomic E-state index is 0.0306. The number of amides is 2. The fourth-order valence-corrected chi connectivity index (χ4v) is 5.22. The molecule has 0 radical (unpaired) electrons. The van der Waals surface area contributed by atoms with Crippen molar-refractivity contribution in [2.24, 2.45) is 5.41 Å². The van der Waals surface area contributed by atoms with Gasteiger partial charge in [-0.2, -0.15) is 0 Å². The molecule has 164 valence electrons. The third-order valence-electron chi connectivity index (χ3n) is 5.97. The third kappa shape index (κ3) is 4.65. The van der Waals surface area contributed by atoms with Gasteiger partial charge in [-0.25, -0.2) is 0 Å². The Labute approximate surface area is 192 Å². The Kier molecular flexibility index (Phi) is 6.81. The molecule has 0 aliphatic carbocycles. The van der Waals surface area contributed by atoms with Crippen LogP contribution in [0.25, 0.3) is 10.4 Å². The molecule has 1 atom stereocenters. The summed E-state index contributed by atoms with van der Waals surface area (Å²) in [6, 6.07) is 17.7. The van der Waals surface area contributed by atoms with Crippen molar-refractivity contribution in [1.29, 1.82) is 0 Å². The van der Waals surface area contributed by atoms with E-state index in [0.717, 1.165) is 24.0 Å². The van der Waals surface area contributed by atoms with E-state index >= 15 is 0 Å². The highest BCUT2D eigenvalue weighted by Crippen LogP contribution is 2.38. The normalized spacial score (nSPS) is 18.2. The molecule has 1 aliphatic heterocycles. The van der Waals surface area contributed by atoms with Crippen molar-refractivity contribution < 1.29 is 9.59 Å². The van der Waals surface area contributed by atoms with Gasteiger partial charge in [-0.1, -0.05) is 42.5 Å². The van der Waals surface area contributed by atoms with Crippen LogP contribution < -0.4 is 5.32 Å². The summed E-state index contributed by atoms with van der Waals surface area (Å²) in [7, 11) is 0. The number of thiophene rings is 1. The molecular weight excluding hydrogens is 418 g/mol. The summed E-state index contributed by atoms with van der Waals surface area (Å²) >= 11 is 1.69. The number of rotatable bonds is 7. The van der Waals surface area contributed by atoms with Gasteiger partial charge < -0.3 is 10.2 Å². The maximum Gasteiger partial charge on any atom is 0.272 e. The van der Waals surface area contributed by atoms with Gasteiger partial charge in [0.25, 0.3) is 5.91 Å². The number of nitrogens with one attached hydrogen (secondary N) is 1. The Balaban J connectivity index is 1.67. The Bertz CT molecular complexity index is 1080. The number of nitrogens with zero attached hydrogens (tertiary/aromatic N) is 2. The number of carbonyl (C=O) groups is 2. The quantitative estimate of drug-likeness (QED) is 0.542. The zero-order chi connectivity index (χ0) is 22.4. The SMILES string of the molecule is C=CCNC(=O)[C@]1(Cc2ccccc2-c2cccs2)CCCN(C(=O)c2ccccn2)C1. The fraction of sp³-hybridized carbons (Fsp3) is 0.269. The van der Waals surface area contributed by atoms with Crippen LogP contribution in [0.2, 0.25) is 0 Å². The number of hydrogen-bond acceptors (Lipinski definition) is 4. The molecule has 1 fully saturated rings. The molecule has 1 N–H and O–H groups in total. The van der Waals surface area contributed by atoms with Gasteiger partial charge in [0.05, 0.1) is 5.41 Å². The average molecular weight is 446 g/mol. The number of pyridine rings is 1. The summed E-state index contributed by atoms with van der Waals surface area (Å²) in [4.78, 5) is 33.8. The van der Waals surface area contributed by atoms with E-state index in [1.54, 1.807) is 40.6 Å². The van der Waals surface area contributed by atoms with Gasteiger partial charge >= 0.3 is 0 Å². The third-order valence-corrected chi connectivity index (χ3v) is 6.87. The van der Waals surface area contributed by atoms with Gasteiger partial charge in [-0.05, 0) is 54.0 Å². The highest BCUT2D eigenvalue weighted by atomic mass is 32.1. The lowest BCUT2D eigenvalue weighted by Gasteiger charge is -2.42. The molecule has 0 bridgehead atoms. The second-order valence-electron chi connectivity index (χ2n) is 8.14.